The predicted molar refractivity (Wildman–Crippen MR) is 165 cm³/mol. The van der Waals surface area contributed by atoms with Crippen LogP contribution in [0.1, 0.15) is 38.3 Å². The zero-order valence-corrected chi connectivity index (χ0v) is 25.4. The molecular weight excluding hydrogens is 564 g/mol. The molecule has 1 saturated carbocycles. The highest BCUT2D eigenvalue weighted by atomic mass is 16.3. The Morgan fingerprint density at radius 2 is 1.66 bits per heavy atom. The number of hydrogen-bond acceptors (Lipinski definition) is 9. The summed E-state index contributed by atoms with van der Waals surface area (Å²) in [6.45, 7) is 6.08. The minimum absolute atomic E-state index is 0.0317. The number of nitrogens with zero attached hydrogens (tertiary/aromatic N) is 1. The number of carbonyl (C=O) groups is 4. The lowest BCUT2D eigenvalue weighted by atomic mass is 9.59. The maximum absolute atomic E-state index is 13.9. The third-order valence-electron chi connectivity index (χ3n) is 8.71. The van der Waals surface area contributed by atoms with E-state index in [-0.39, 0.29) is 47.7 Å². The molecule has 1 fully saturated rings. The fraction of sp³-hybridized carbons (Fsp3) is 0.394. The van der Waals surface area contributed by atoms with Gasteiger partial charge in [0.2, 0.25) is 5.91 Å². The molecule has 0 saturated heterocycles. The quantitative estimate of drug-likeness (QED) is 0.214. The molecule has 2 aromatic carbocycles. The Bertz CT molecular complexity index is 1630. The molecule has 0 spiro atoms. The van der Waals surface area contributed by atoms with E-state index in [4.69, 9.17) is 5.73 Å². The number of carbonyl (C=O) groups excluding carboxylic acids is 4. The molecule has 232 valence electrons. The maximum Gasteiger partial charge on any atom is 0.255 e. The fourth-order valence-electron chi connectivity index (χ4n) is 6.82. The molecule has 2 amide bonds. The van der Waals surface area contributed by atoms with Crippen LogP contribution in [0.2, 0.25) is 0 Å². The van der Waals surface area contributed by atoms with E-state index in [9.17, 15) is 34.5 Å². The number of hydrogen-bond donors (Lipinski definition) is 6. The first kappa shape index (κ1) is 31.0. The normalized spacial score (nSPS) is 23.3. The minimum atomic E-state index is -1.30. The van der Waals surface area contributed by atoms with Crippen LogP contribution in [0.25, 0.3) is 16.9 Å². The van der Waals surface area contributed by atoms with Crippen molar-refractivity contribution in [1.29, 1.82) is 0 Å². The summed E-state index contributed by atoms with van der Waals surface area (Å²) < 4.78 is 0. The van der Waals surface area contributed by atoms with Crippen molar-refractivity contribution in [3.05, 3.63) is 64.4 Å². The SMILES string of the molecule is CN(C)[C@@H]1C(O)=C(C(N)=O)C(=O)C2C(=O)C3=C(O)c4c(O)ccc(-c5ccc(NC(=O)CNC(C)(C)C)cc5)c4C[C@H]3C[C@H]21. The highest BCUT2D eigenvalue weighted by Gasteiger charge is 2.55. The van der Waals surface area contributed by atoms with Gasteiger partial charge in [-0.15, -0.1) is 0 Å². The molecule has 11 nitrogen and oxygen atoms in total. The molecule has 0 bridgehead atoms. The predicted octanol–water partition coefficient (Wildman–Crippen LogP) is 2.84. The van der Waals surface area contributed by atoms with Crippen molar-refractivity contribution in [1.82, 2.24) is 10.2 Å². The van der Waals surface area contributed by atoms with Crippen molar-refractivity contribution in [2.75, 3.05) is 26.0 Å². The summed E-state index contributed by atoms with van der Waals surface area (Å²) in [5, 5.41) is 39.2. The number of aliphatic hydroxyl groups is 2. The summed E-state index contributed by atoms with van der Waals surface area (Å²) in [5.41, 5.74) is 7.52. The van der Waals surface area contributed by atoms with Crippen molar-refractivity contribution in [2.24, 2.45) is 23.5 Å². The van der Waals surface area contributed by atoms with E-state index in [0.29, 0.717) is 11.3 Å². The Hall–Kier alpha value is -4.48. The van der Waals surface area contributed by atoms with Crippen LogP contribution in [0.4, 0.5) is 5.69 Å². The van der Waals surface area contributed by atoms with Crippen LogP contribution in [0.3, 0.4) is 0 Å². The number of aromatic hydroxyl groups is 1. The highest BCUT2D eigenvalue weighted by molar-refractivity contribution is 6.28. The van der Waals surface area contributed by atoms with E-state index in [1.165, 1.54) is 6.07 Å². The Morgan fingerprint density at radius 1 is 1.00 bits per heavy atom. The molecule has 0 radical (unpaired) electrons. The van der Waals surface area contributed by atoms with E-state index < -0.39 is 58.4 Å². The topological polar surface area (TPSA) is 182 Å². The number of phenolic OH excluding ortho intramolecular Hbond substituents is 1. The van der Waals surface area contributed by atoms with Gasteiger partial charge in [-0.2, -0.15) is 0 Å². The molecule has 0 aromatic heterocycles. The van der Waals surface area contributed by atoms with Crippen molar-refractivity contribution >= 4 is 34.8 Å². The lowest BCUT2D eigenvalue weighted by Gasteiger charge is -2.46. The number of aliphatic hydroxyl groups excluding tert-OH is 2. The average Bonchev–Trinajstić information content (AvgIpc) is 2.91. The largest absolute Gasteiger partial charge is 0.510 e. The lowest BCUT2D eigenvalue weighted by molar-refractivity contribution is -0.136. The van der Waals surface area contributed by atoms with Gasteiger partial charge in [-0.25, -0.2) is 0 Å². The number of amides is 2. The molecular formula is C33H38N4O7. The lowest BCUT2D eigenvalue weighted by Crippen LogP contribution is -2.55. The monoisotopic (exact) mass is 602 g/mol. The second-order valence-corrected chi connectivity index (χ2v) is 13.0. The number of phenols is 1. The zero-order valence-electron chi connectivity index (χ0n) is 25.4. The molecule has 4 atom stereocenters. The van der Waals surface area contributed by atoms with Crippen molar-refractivity contribution in [2.45, 2.75) is 45.2 Å². The van der Waals surface area contributed by atoms with Crippen molar-refractivity contribution in [3.63, 3.8) is 0 Å². The number of allylic oxidation sites excluding steroid dienone is 1. The van der Waals surface area contributed by atoms with Crippen LogP contribution < -0.4 is 16.4 Å². The fourth-order valence-corrected chi connectivity index (χ4v) is 6.82. The summed E-state index contributed by atoms with van der Waals surface area (Å²) in [6, 6.07) is 9.56. The number of likely N-dealkylation sites (N-methyl/N-ethyl adjacent to an activating group) is 1. The molecule has 2 aromatic rings. The van der Waals surface area contributed by atoms with Gasteiger partial charge in [-0.3, -0.25) is 24.1 Å². The number of fused-ring (bicyclic) bond motifs is 3. The minimum Gasteiger partial charge on any atom is -0.510 e. The summed E-state index contributed by atoms with van der Waals surface area (Å²) in [6.07, 6.45) is 0.550. The van der Waals surface area contributed by atoms with Gasteiger partial charge < -0.3 is 31.7 Å². The van der Waals surface area contributed by atoms with Crippen molar-refractivity contribution in [3.8, 4) is 16.9 Å². The second-order valence-electron chi connectivity index (χ2n) is 13.0. The summed E-state index contributed by atoms with van der Waals surface area (Å²) in [7, 11) is 3.36. The van der Waals surface area contributed by atoms with E-state index in [0.717, 1.165) is 11.1 Å². The number of benzene rings is 2. The number of anilines is 1. The van der Waals surface area contributed by atoms with Gasteiger partial charge in [0.1, 0.15) is 22.8 Å². The van der Waals surface area contributed by atoms with Gasteiger partial charge in [-0.1, -0.05) is 18.2 Å². The maximum atomic E-state index is 13.9. The van der Waals surface area contributed by atoms with Crippen LogP contribution in [0.5, 0.6) is 5.75 Å². The number of primary amides is 1. The van der Waals surface area contributed by atoms with Gasteiger partial charge in [0, 0.05) is 16.8 Å². The average molecular weight is 603 g/mol. The Kier molecular flexibility index (Phi) is 7.89. The van der Waals surface area contributed by atoms with E-state index >= 15 is 0 Å². The third-order valence-corrected chi connectivity index (χ3v) is 8.71. The first-order valence-electron chi connectivity index (χ1n) is 14.5. The molecule has 3 aliphatic carbocycles. The molecule has 11 heteroatoms. The van der Waals surface area contributed by atoms with E-state index in [1.807, 2.05) is 32.9 Å². The van der Waals surface area contributed by atoms with Gasteiger partial charge in [0.05, 0.1) is 24.1 Å². The van der Waals surface area contributed by atoms with Crippen molar-refractivity contribution < 1.29 is 34.5 Å². The number of Topliss-reactive ketones (excluding diaryl/α,β-unsaturated/α-hetero) is 2. The van der Waals surface area contributed by atoms with Gasteiger partial charge in [0.15, 0.2) is 11.6 Å². The molecule has 5 rings (SSSR count). The Labute approximate surface area is 255 Å². The highest BCUT2D eigenvalue weighted by Crippen LogP contribution is 2.51. The van der Waals surface area contributed by atoms with Crippen LogP contribution in [-0.2, 0) is 25.6 Å². The van der Waals surface area contributed by atoms with Gasteiger partial charge in [-0.05, 0) is 94.4 Å². The van der Waals surface area contributed by atoms with Crippen LogP contribution in [-0.4, -0.2) is 75.8 Å². The summed E-state index contributed by atoms with van der Waals surface area (Å²) in [5.74, 6) is -6.33. The molecule has 44 heavy (non-hydrogen) atoms. The molecule has 0 heterocycles. The van der Waals surface area contributed by atoms with E-state index in [2.05, 4.69) is 10.6 Å². The van der Waals surface area contributed by atoms with E-state index in [1.54, 1.807) is 37.2 Å². The molecule has 7 N–H and O–H groups in total. The van der Waals surface area contributed by atoms with Crippen LogP contribution in [0, 0.1) is 17.8 Å². The van der Waals surface area contributed by atoms with Crippen LogP contribution >= 0.6 is 0 Å². The molecule has 3 aliphatic rings. The summed E-state index contributed by atoms with van der Waals surface area (Å²) >= 11 is 0. The zero-order chi connectivity index (χ0) is 32.2. The number of nitrogens with two attached hydrogens (primary N) is 1. The number of ketones is 2. The molecule has 1 unspecified atom stereocenters. The Morgan fingerprint density at radius 3 is 2.25 bits per heavy atom. The smallest absolute Gasteiger partial charge is 0.255 e. The first-order chi connectivity index (χ1) is 20.6. The Balaban J connectivity index is 1.50. The molecule has 0 aliphatic heterocycles. The van der Waals surface area contributed by atoms with Crippen LogP contribution in [0.15, 0.2) is 53.3 Å². The number of nitrogens with one attached hydrogen (secondary N) is 2. The first-order valence-corrected chi connectivity index (χ1v) is 14.5. The second kappa shape index (κ2) is 11.2. The summed E-state index contributed by atoms with van der Waals surface area (Å²) in [4.78, 5) is 53.4. The number of rotatable bonds is 6. The van der Waals surface area contributed by atoms with Gasteiger partial charge in [0.25, 0.3) is 5.91 Å². The third kappa shape index (κ3) is 5.37. The standard InChI is InChI=1S/C33H38N4O7/c1-33(2,3)35-14-22(39)36-17-8-6-15(7-9-17)18-10-11-21(38)24-19(18)12-16-13-20-25(29(41)23(16)28(24)40)30(42)26(32(34)44)31(43)27(20)37(4)5/h6-11,16,20,25,27,35,38,40,43H,12-14H2,1-5H3,(H2,34,44)(H,36,39)/t16-,20+,25?,27-/m0/s1. The van der Waals surface area contributed by atoms with Gasteiger partial charge >= 0.3 is 0 Å².